The number of fused-ring (bicyclic) bond motifs is 1. The van der Waals surface area contributed by atoms with Crippen molar-refractivity contribution in [3.05, 3.63) is 36.3 Å². The molecule has 2 aromatic heterocycles. The van der Waals surface area contributed by atoms with E-state index in [1.165, 1.54) is 10.6 Å². The fourth-order valence-electron chi connectivity index (χ4n) is 1.72. The van der Waals surface area contributed by atoms with Crippen LogP contribution < -0.4 is 9.79 Å². The summed E-state index contributed by atoms with van der Waals surface area (Å²) in [4.78, 5) is 44.0. The maximum atomic E-state index is 11.1. The van der Waals surface area contributed by atoms with Crippen LogP contribution in [0, 0.1) is 0 Å². The number of rotatable bonds is 4. The van der Waals surface area contributed by atoms with Crippen molar-refractivity contribution in [2.75, 3.05) is 0 Å². The second-order valence-electron chi connectivity index (χ2n) is 4.17. The van der Waals surface area contributed by atoms with Crippen molar-refractivity contribution in [2.45, 2.75) is 11.5 Å². The summed E-state index contributed by atoms with van der Waals surface area (Å²) in [6, 6.07) is 4.78. The molecule has 0 aliphatic heterocycles. The normalized spacial score (nSPS) is 20.0. The van der Waals surface area contributed by atoms with E-state index in [2.05, 4.69) is 4.98 Å². The van der Waals surface area contributed by atoms with Crippen molar-refractivity contribution in [1.29, 1.82) is 0 Å². The molecule has 0 fully saturated rings. The number of aliphatic hydroxyl groups is 1. The Labute approximate surface area is 129 Å². The van der Waals surface area contributed by atoms with Crippen molar-refractivity contribution in [3.8, 4) is 0 Å². The van der Waals surface area contributed by atoms with Crippen molar-refractivity contribution >= 4 is 20.8 Å². The predicted molar refractivity (Wildman–Crippen MR) is 63.5 cm³/mol. The summed E-state index contributed by atoms with van der Waals surface area (Å²) in [6.45, 7) is 0. The van der Waals surface area contributed by atoms with Gasteiger partial charge in [-0.05, 0) is 12.1 Å². The Kier molecular flexibility index (Phi) is 5.23. The van der Waals surface area contributed by atoms with Gasteiger partial charge >= 0.3 is 17.1 Å². The van der Waals surface area contributed by atoms with E-state index in [0.717, 1.165) is 6.20 Å². The molecule has 0 aliphatic rings. The first-order valence-electron chi connectivity index (χ1n) is 5.27. The number of hydrogen-bond acceptors (Lipinski definition) is 6. The van der Waals surface area contributed by atoms with Gasteiger partial charge in [0.1, 0.15) is 5.65 Å². The Morgan fingerprint density at radius 3 is 2.33 bits per heavy atom. The molecular formula is C9H10MnN2O7P2. The Morgan fingerprint density at radius 2 is 1.81 bits per heavy atom. The second-order valence-corrected chi connectivity index (χ2v) is 8.08. The predicted octanol–water partition coefficient (Wildman–Crippen LogP) is -1.39. The van der Waals surface area contributed by atoms with E-state index in [9.17, 15) is 24.0 Å². The van der Waals surface area contributed by atoms with E-state index >= 15 is 0 Å². The quantitative estimate of drug-likeness (QED) is 0.435. The first-order chi connectivity index (χ1) is 9.06. The summed E-state index contributed by atoms with van der Waals surface area (Å²) < 4.78 is 23.6. The standard InChI is InChI=1S/C9H12N2O7P2.Mn/c12-9(19(13,14)15,20(16,17)18)5-7-6-10-8-3-1-2-4-11(7)8;/h1-4,6,12H,5H2,(H2,13,14,15)(H2,16,17,18);/q;+2/p-2. The van der Waals surface area contributed by atoms with Gasteiger partial charge in [0.2, 0.25) is 0 Å². The number of nitrogens with zero attached hydrogens (tertiary/aromatic N) is 2. The molecule has 0 aromatic carbocycles. The molecule has 0 aliphatic carbocycles. The van der Waals surface area contributed by atoms with Gasteiger partial charge in [0, 0.05) is 24.5 Å². The Balaban J connectivity index is 0.00000220. The van der Waals surface area contributed by atoms with Gasteiger partial charge in [-0.15, -0.1) is 0 Å². The summed E-state index contributed by atoms with van der Waals surface area (Å²) in [5.41, 5.74) is 0.362. The summed E-state index contributed by atoms with van der Waals surface area (Å²) in [6.07, 6.45) is 1.52. The molecule has 2 unspecified atom stereocenters. The van der Waals surface area contributed by atoms with Crippen molar-refractivity contribution < 1.29 is 50.9 Å². The number of pyridine rings is 1. The van der Waals surface area contributed by atoms with Gasteiger partial charge in [0.05, 0.1) is 0 Å². The molecule has 12 heteroatoms. The molecule has 2 rings (SSSR count). The molecule has 2 atom stereocenters. The summed E-state index contributed by atoms with van der Waals surface area (Å²) in [5, 5.41) is 6.02. The summed E-state index contributed by atoms with van der Waals surface area (Å²) in [5.74, 6) is 0. The van der Waals surface area contributed by atoms with Gasteiger partial charge in [0.25, 0.3) is 0 Å². The molecule has 2 aromatic rings. The van der Waals surface area contributed by atoms with Crippen LogP contribution in [0.3, 0.4) is 0 Å². The molecule has 0 amide bonds. The number of imidazole rings is 1. The van der Waals surface area contributed by atoms with E-state index in [0.29, 0.717) is 5.65 Å². The zero-order chi connectivity index (χ0) is 15.2. The van der Waals surface area contributed by atoms with E-state index in [1.54, 1.807) is 18.2 Å². The Morgan fingerprint density at radius 1 is 1.24 bits per heavy atom. The fourth-order valence-corrected chi connectivity index (χ4v) is 3.72. The average molecular weight is 375 g/mol. The van der Waals surface area contributed by atoms with Crippen LogP contribution in [0.2, 0.25) is 0 Å². The third kappa shape index (κ3) is 3.29. The number of hydrogen-bond donors (Lipinski definition) is 3. The minimum atomic E-state index is -5.79. The second kappa shape index (κ2) is 5.93. The smallest absolute Gasteiger partial charge is 0.776 e. The summed E-state index contributed by atoms with van der Waals surface area (Å²) in [7, 11) is -11.6. The third-order valence-electron chi connectivity index (χ3n) is 2.82. The average Bonchev–Trinajstić information content (AvgIpc) is 2.70. The van der Waals surface area contributed by atoms with Gasteiger partial charge in [-0.1, -0.05) is 6.07 Å². The van der Waals surface area contributed by atoms with Gasteiger partial charge in [-0.2, -0.15) is 0 Å². The van der Waals surface area contributed by atoms with E-state index < -0.39 is 26.7 Å². The van der Waals surface area contributed by atoms with Gasteiger partial charge in [0.15, 0.2) is 20.3 Å². The minimum absolute atomic E-state index is 0. The molecule has 0 saturated carbocycles. The fraction of sp³-hybridized carbons (Fsp3) is 0.222. The van der Waals surface area contributed by atoms with Crippen molar-refractivity contribution in [1.82, 2.24) is 9.38 Å². The van der Waals surface area contributed by atoms with Crippen LogP contribution in [0.1, 0.15) is 5.69 Å². The van der Waals surface area contributed by atoms with Gasteiger partial charge in [-0.3, -0.25) is 0 Å². The van der Waals surface area contributed by atoms with Crippen LogP contribution in [0.25, 0.3) is 5.65 Å². The molecule has 0 spiro atoms. The molecule has 115 valence electrons. The first-order valence-corrected chi connectivity index (χ1v) is 8.43. The van der Waals surface area contributed by atoms with E-state index in [-0.39, 0.29) is 22.8 Å². The Hall–Kier alpha value is -0.531. The molecule has 21 heavy (non-hydrogen) atoms. The van der Waals surface area contributed by atoms with Crippen LogP contribution in [0.15, 0.2) is 30.6 Å². The SMILES string of the molecule is O=P([O-])(O)C(O)(Cc1cnc2ccccn12)P(=O)([O-])O.[Mn+2]. The van der Waals surface area contributed by atoms with Crippen LogP contribution in [0.5, 0.6) is 0 Å². The molecule has 2 heterocycles. The zero-order valence-corrected chi connectivity index (χ0v) is 13.2. The van der Waals surface area contributed by atoms with Crippen LogP contribution >= 0.6 is 15.2 Å². The van der Waals surface area contributed by atoms with Gasteiger partial charge < -0.3 is 38.2 Å². The topological polar surface area (TPSA) is 158 Å². The van der Waals surface area contributed by atoms with Crippen LogP contribution in [-0.4, -0.2) is 29.4 Å². The first kappa shape index (κ1) is 18.5. The third-order valence-corrected chi connectivity index (χ3v) is 6.46. The Bertz CT molecular complexity index is 715. The van der Waals surface area contributed by atoms with E-state index in [1.807, 2.05) is 0 Å². The molecule has 1 radical (unpaired) electrons. The van der Waals surface area contributed by atoms with Crippen LogP contribution in [0.4, 0.5) is 0 Å². The summed E-state index contributed by atoms with van der Waals surface area (Å²) >= 11 is 0. The minimum Gasteiger partial charge on any atom is -0.776 e. The molecular weight excluding hydrogens is 365 g/mol. The van der Waals surface area contributed by atoms with Crippen molar-refractivity contribution in [2.24, 2.45) is 0 Å². The molecule has 0 saturated heterocycles. The number of aromatic nitrogens is 2. The van der Waals surface area contributed by atoms with Crippen LogP contribution in [-0.2, 0) is 32.6 Å². The monoisotopic (exact) mass is 375 g/mol. The molecule has 9 nitrogen and oxygen atoms in total. The van der Waals surface area contributed by atoms with Gasteiger partial charge in [-0.25, -0.2) is 4.98 Å². The molecule has 0 bridgehead atoms. The molecule has 3 N–H and O–H groups in total. The maximum absolute atomic E-state index is 11.1. The zero-order valence-electron chi connectivity index (χ0n) is 10.2. The largest absolute Gasteiger partial charge is 2.00 e. The van der Waals surface area contributed by atoms with Crippen molar-refractivity contribution in [3.63, 3.8) is 0 Å². The van der Waals surface area contributed by atoms with E-state index in [4.69, 9.17) is 9.79 Å². The maximum Gasteiger partial charge on any atom is 2.00 e.